The number of hydrogen-bond donors (Lipinski definition) is 1. The molecule has 0 unspecified atom stereocenters. The van der Waals surface area contributed by atoms with Gasteiger partial charge in [0.05, 0.1) is 11.4 Å². The number of anilines is 2. The van der Waals surface area contributed by atoms with E-state index in [-0.39, 0.29) is 5.69 Å². The van der Waals surface area contributed by atoms with Crippen molar-refractivity contribution in [2.75, 3.05) is 23.7 Å². The Kier molecular flexibility index (Phi) is 5.38. The van der Waals surface area contributed by atoms with Crippen molar-refractivity contribution in [2.45, 2.75) is 33.6 Å². The molecule has 0 saturated heterocycles. The minimum absolute atomic E-state index is 0.199. The van der Waals surface area contributed by atoms with Gasteiger partial charge < -0.3 is 10.6 Å². The van der Waals surface area contributed by atoms with E-state index in [1.807, 2.05) is 11.8 Å². The Labute approximate surface area is 108 Å². The molecule has 0 spiro atoms. The first-order valence-electron chi connectivity index (χ1n) is 6.53. The molecule has 0 fully saturated rings. The van der Waals surface area contributed by atoms with E-state index >= 15 is 0 Å². The Bertz CT molecular complexity index is 390. The van der Waals surface area contributed by atoms with E-state index in [9.17, 15) is 8.78 Å². The van der Waals surface area contributed by atoms with Crippen LogP contribution in [0.3, 0.4) is 0 Å². The van der Waals surface area contributed by atoms with E-state index in [4.69, 9.17) is 5.73 Å². The van der Waals surface area contributed by atoms with Gasteiger partial charge in [-0.2, -0.15) is 0 Å². The topological polar surface area (TPSA) is 29.3 Å². The second kappa shape index (κ2) is 6.57. The third-order valence-corrected chi connectivity index (χ3v) is 3.43. The highest BCUT2D eigenvalue weighted by atomic mass is 19.2. The molecule has 1 rings (SSSR count). The Morgan fingerprint density at radius 1 is 1.17 bits per heavy atom. The standard InChI is InChI=1S/C14H22F2N2/c1-4-10(5-2)9-18(6-3)14-12(17)8-7-11(15)13(14)16/h7-8,10H,4-6,9,17H2,1-3H3. The predicted octanol–water partition coefficient (Wildman–Crippen LogP) is 3.81. The normalized spacial score (nSPS) is 11.0. The molecule has 0 heterocycles. The fourth-order valence-corrected chi connectivity index (χ4v) is 2.11. The van der Waals surface area contributed by atoms with Crippen LogP contribution in [0.2, 0.25) is 0 Å². The molecule has 0 aliphatic heterocycles. The first kappa shape index (κ1) is 14.7. The van der Waals surface area contributed by atoms with Gasteiger partial charge in [-0.3, -0.25) is 0 Å². The Morgan fingerprint density at radius 3 is 2.28 bits per heavy atom. The zero-order valence-electron chi connectivity index (χ0n) is 11.3. The number of nitrogens with two attached hydrogens (primary N) is 1. The van der Waals surface area contributed by atoms with Crippen LogP contribution in [0.5, 0.6) is 0 Å². The van der Waals surface area contributed by atoms with E-state index in [2.05, 4.69) is 13.8 Å². The van der Waals surface area contributed by atoms with E-state index in [1.54, 1.807) is 0 Å². The molecule has 0 amide bonds. The summed E-state index contributed by atoms with van der Waals surface area (Å²) in [6.45, 7) is 7.45. The molecule has 0 aliphatic rings. The summed E-state index contributed by atoms with van der Waals surface area (Å²) in [4.78, 5) is 1.82. The number of benzene rings is 1. The third-order valence-electron chi connectivity index (χ3n) is 3.43. The van der Waals surface area contributed by atoms with Crippen molar-refractivity contribution in [1.29, 1.82) is 0 Å². The summed E-state index contributed by atoms with van der Waals surface area (Å²) in [5.41, 5.74) is 6.27. The van der Waals surface area contributed by atoms with Crippen molar-refractivity contribution in [2.24, 2.45) is 5.92 Å². The molecule has 0 aromatic heterocycles. The minimum Gasteiger partial charge on any atom is -0.397 e. The molecule has 1 aromatic carbocycles. The second-order valence-corrected chi connectivity index (χ2v) is 4.52. The van der Waals surface area contributed by atoms with Gasteiger partial charge in [-0.1, -0.05) is 26.7 Å². The van der Waals surface area contributed by atoms with Gasteiger partial charge in [-0.05, 0) is 25.0 Å². The quantitative estimate of drug-likeness (QED) is 0.784. The summed E-state index contributed by atoms with van der Waals surface area (Å²) < 4.78 is 27.2. The van der Waals surface area contributed by atoms with Gasteiger partial charge in [0.2, 0.25) is 0 Å². The fourth-order valence-electron chi connectivity index (χ4n) is 2.11. The molecule has 102 valence electrons. The van der Waals surface area contributed by atoms with Crippen LogP contribution in [0.1, 0.15) is 33.6 Å². The maximum Gasteiger partial charge on any atom is 0.184 e. The van der Waals surface area contributed by atoms with Gasteiger partial charge in [-0.25, -0.2) is 8.78 Å². The molecule has 0 aliphatic carbocycles. The lowest BCUT2D eigenvalue weighted by Gasteiger charge is -2.28. The lowest BCUT2D eigenvalue weighted by molar-refractivity contribution is 0.472. The average Bonchev–Trinajstić information content (AvgIpc) is 2.38. The molecular formula is C14H22F2N2. The summed E-state index contributed by atoms with van der Waals surface area (Å²) in [7, 11) is 0. The molecule has 1 aromatic rings. The molecule has 0 radical (unpaired) electrons. The van der Waals surface area contributed by atoms with Crippen LogP contribution in [-0.2, 0) is 0 Å². The average molecular weight is 256 g/mol. The second-order valence-electron chi connectivity index (χ2n) is 4.52. The van der Waals surface area contributed by atoms with Gasteiger partial charge >= 0.3 is 0 Å². The summed E-state index contributed by atoms with van der Waals surface area (Å²) in [5.74, 6) is -1.22. The number of halogens is 2. The smallest absolute Gasteiger partial charge is 0.184 e. The first-order valence-corrected chi connectivity index (χ1v) is 6.53. The number of rotatable bonds is 6. The van der Waals surface area contributed by atoms with Gasteiger partial charge in [0.25, 0.3) is 0 Å². The molecule has 2 nitrogen and oxygen atoms in total. The van der Waals surface area contributed by atoms with E-state index in [0.29, 0.717) is 24.7 Å². The first-order chi connectivity index (χ1) is 8.54. The monoisotopic (exact) mass is 256 g/mol. The summed E-state index contributed by atoms with van der Waals surface area (Å²) in [6.07, 6.45) is 2.04. The Balaban J connectivity index is 3.05. The van der Waals surface area contributed by atoms with Gasteiger partial charge in [-0.15, -0.1) is 0 Å². The van der Waals surface area contributed by atoms with Gasteiger partial charge in [0.1, 0.15) is 0 Å². The van der Waals surface area contributed by atoms with Gasteiger partial charge in [0, 0.05) is 13.1 Å². The highest BCUT2D eigenvalue weighted by molar-refractivity contribution is 5.68. The van der Waals surface area contributed by atoms with Crippen molar-refractivity contribution in [3.8, 4) is 0 Å². The zero-order valence-corrected chi connectivity index (χ0v) is 11.3. The molecule has 0 saturated carbocycles. The SMILES string of the molecule is CCC(CC)CN(CC)c1c(N)ccc(F)c1F. The number of nitrogen functional groups attached to an aromatic ring is 1. The van der Waals surface area contributed by atoms with Crippen molar-refractivity contribution in [1.82, 2.24) is 0 Å². The largest absolute Gasteiger partial charge is 0.397 e. The molecule has 4 heteroatoms. The molecule has 2 N–H and O–H groups in total. The van der Waals surface area contributed by atoms with Crippen LogP contribution in [0.4, 0.5) is 20.2 Å². The highest BCUT2D eigenvalue weighted by Crippen LogP contribution is 2.29. The zero-order chi connectivity index (χ0) is 13.7. The van der Waals surface area contributed by atoms with Crippen LogP contribution in [0.15, 0.2) is 12.1 Å². The Hall–Kier alpha value is -1.32. The number of hydrogen-bond acceptors (Lipinski definition) is 2. The minimum atomic E-state index is -0.845. The third kappa shape index (κ3) is 3.12. The van der Waals surface area contributed by atoms with Crippen molar-refractivity contribution < 1.29 is 8.78 Å². The van der Waals surface area contributed by atoms with E-state index < -0.39 is 11.6 Å². The molecule has 0 bridgehead atoms. The predicted molar refractivity (Wildman–Crippen MR) is 72.7 cm³/mol. The highest BCUT2D eigenvalue weighted by Gasteiger charge is 2.19. The Morgan fingerprint density at radius 2 is 1.78 bits per heavy atom. The van der Waals surface area contributed by atoms with Crippen molar-refractivity contribution in [3.05, 3.63) is 23.8 Å². The summed E-state index contributed by atoms with van der Waals surface area (Å²) in [5, 5.41) is 0. The van der Waals surface area contributed by atoms with Crippen molar-refractivity contribution >= 4 is 11.4 Å². The maximum atomic E-state index is 13.9. The van der Waals surface area contributed by atoms with Crippen molar-refractivity contribution in [3.63, 3.8) is 0 Å². The summed E-state index contributed by atoms with van der Waals surface area (Å²) >= 11 is 0. The van der Waals surface area contributed by atoms with E-state index in [1.165, 1.54) is 6.07 Å². The van der Waals surface area contributed by atoms with Crippen LogP contribution in [-0.4, -0.2) is 13.1 Å². The summed E-state index contributed by atoms with van der Waals surface area (Å²) in [6, 6.07) is 2.49. The lowest BCUT2D eigenvalue weighted by Crippen LogP contribution is -2.30. The fraction of sp³-hybridized carbons (Fsp3) is 0.571. The number of nitrogens with zero attached hydrogens (tertiary/aromatic N) is 1. The molecular weight excluding hydrogens is 234 g/mol. The van der Waals surface area contributed by atoms with Crippen LogP contribution in [0, 0.1) is 17.6 Å². The lowest BCUT2D eigenvalue weighted by atomic mass is 10.0. The van der Waals surface area contributed by atoms with Crippen LogP contribution < -0.4 is 10.6 Å². The van der Waals surface area contributed by atoms with Crippen LogP contribution in [0.25, 0.3) is 0 Å². The van der Waals surface area contributed by atoms with Gasteiger partial charge in [0.15, 0.2) is 11.6 Å². The maximum absolute atomic E-state index is 13.9. The molecule has 18 heavy (non-hydrogen) atoms. The van der Waals surface area contributed by atoms with E-state index in [0.717, 1.165) is 18.9 Å². The van der Waals surface area contributed by atoms with Crippen LogP contribution >= 0.6 is 0 Å². The molecule has 0 atom stereocenters.